The molecule has 0 aliphatic carbocycles. The molecule has 6 nitrogen and oxygen atoms in total. The second-order valence-corrected chi connectivity index (χ2v) is 6.17. The molecule has 0 unspecified atom stereocenters. The second kappa shape index (κ2) is 9.16. The number of anilines is 1. The summed E-state index contributed by atoms with van der Waals surface area (Å²) in [5.41, 5.74) is 4.53. The molecule has 0 fully saturated rings. The average molecular weight is 395 g/mol. The highest BCUT2D eigenvalue weighted by Gasteiger charge is 2.15. The van der Waals surface area contributed by atoms with E-state index >= 15 is 0 Å². The number of rotatable bonds is 4. The van der Waals surface area contributed by atoms with Crippen LogP contribution in [-0.2, 0) is 19.3 Å². The molecule has 1 aliphatic rings. The summed E-state index contributed by atoms with van der Waals surface area (Å²) in [5.74, 6) is 1.83. The van der Waals surface area contributed by atoms with Gasteiger partial charge in [0.1, 0.15) is 17.3 Å². The van der Waals surface area contributed by atoms with Crippen LogP contribution in [0.5, 0.6) is 0 Å². The van der Waals surface area contributed by atoms with E-state index in [2.05, 4.69) is 36.2 Å². The van der Waals surface area contributed by atoms with E-state index in [1.165, 1.54) is 11.3 Å². The van der Waals surface area contributed by atoms with Gasteiger partial charge in [-0.2, -0.15) is 0 Å². The summed E-state index contributed by atoms with van der Waals surface area (Å²) in [6.45, 7) is 4.76. The number of pyridine rings is 1. The number of hydrogen-bond donors (Lipinski definition) is 2. The normalized spacial score (nSPS) is 13.3. The summed E-state index contributed by atoms with van der Waals surface area (Å²) in [4.78, 5) is 13.9. The van der Waals surface area contributed by atoms with Crippen LogP contribution >= 0.6 is 24.8 Å². The smallest absolute Gasteiger partial charge is 0.136 e. The zero-order chi connectivity index (χ0) is 16.4. The molecule has 26 heavy (non-hydrogen) atoms. The maximum Gasteiger partial charge on any atom is 0.136 e. The Hall–Kier alpha value is -1.89. The predicted octanol–water partition coefficient (Wildman–Crippen LogP) is 2.62. The van der Waals surface area contributed by atoms with E-state index in [0.717, 1.165) is 61.9 Å². The minimum Gasteiger partial charge on any atom is -0.369 e. The van der Waals surface area contributed by atoms with Crippen molar-refractivity contribution in [2.24, 2.45) is 0 Å². The van der Waals surface area contributed by atoms with Crippen LogP contribution in [0, 0.1) is 6.92 Å². The van der Waals surface area contributed by atoms with Gasteiger partial charge in [-0.05, 0) is 32.0 Å². The van der Waals surface area contributed by atoms with Crippen molar-refractivity contribution in [1.29, 1.82) is 0 Å². The quantitative estimate of drug-likeness (QED) is 0.711. The number of fused-ring (bicyclic) bond motifs is 2. The highest BCUT2D eigenvalue weighted by Crippen LogP contribution is 2.19. The van der Waals surface area contributed by atoms with Crippen LogP contribution in [0.4, 0.5) is 5.82 Å². The molecule has 0 bridgehead atoms. The Morgan fingerprint density at radius 2 is 1.96 bits per heavy atom. The largest absolute Gasteiger partial charge is 0.369 e. The first-order valence-corrected chi connectivity index (χ1v) is 8.53. The van der Waals surface area contributed by atoms with Gasteiger partial charge in [-0.15, -0.1) is 24.8 Å². The molecule has 4 heterocycles. The second-order valence-electron chi connectivity index (χ2n) is 6.17. The highest BCUT2D eigenvalue weighted by atomic mass is 35.5. The van der Waals surface area contributed by atoms with E-state index < -0.39 is 0 Å². The Labute approximate surface area is 165 Å². The van der Waals surface area contributed by atoms with Gasteiger partial charge >= 0.3 is 0 Å². The van der Waals surface area contributed by atoms with Gasteiger partial charge in [-0.25, -0.2) is 15.0 Å². The van der Waals surface area contributed by atoms with Gasteiger partial charge < -0.3 is 15.0 Å². The molecular weight excluding hydrogens is 371 g/mol. The minimum atomic E-state index is 0. The van der Waals surface area contributed by atoms with Crippen molar-refractivity contribution >= 4 is 36.3 Å². The molecular formula is C18H24Cl2N6. The lowest BCUT2D eigenvalue weighted by atomic mass is 10.1. The molecule has 0 amide bonds. The van der Waals surface area contributed by atoms with E-state index in [-0.39, 0.29) is 24.8 Å². The Morgan fingerprint density at radius 3 is 2.81 bits per heavy atom. The molecule has 2 N–H and O–H groups in total. The van der Waals surface area contributed by atoms with Gasteiger partial charge in [0.2, 0.25) is 0 Å². The van der Waals surface area contributed by atoms with E-state index in [1.54, 1.807) is 0 Å². The van der Waals surface area contributed by atoms with Crippen LogP contribution in [0.1, 0.15) is 22.8 Å². The number of aromatic nitrogens is 4. The third-order valence-electron chi connectivity index (χ3n) is 4.38. The molecule has 140 valence electrons. The number of hydrogen-bond acceptors (Lipinski definition) is 5. The van der Waals surface area contributed by atoms with Crippen LogP contribution < -0.4 is 10.6 Å². The number of nitrogens with zero attached hydrogens (tertiary/aromatic N) is 4. The SMILES string of the molecule is Cc1nc2c(c(NCCc3cn4ccccc4n3)n1)CCNCC2.Cl.Cl. The summed E-state index contributed by atoms with van der Waals surface area (Å²) in [5, 5.41) is 6.94. The number of halogens is 2. The summed E-state index contributed by atoms with van der Waals surface area (Å²) in [6.07, 6.45) is 6.94. The Bertz CT molecular complexity index is 831. The van der Waals surface area contributed by atoms with Crippen molar-refractivity contribution < 1.29 is 0 Å². The fraction of sp³-hybridized carbons (Fsp3) is 0.389. The Morgan fingerprint density at radius 1 is 1.12 bits per heavy atom. The van der Waals surface area contributed by atoms with Crippen LogP contribution in [0.3, 0.4) is 0 Å². The molecule has 0 aromatic carbocycles. The lowest BCUT2D eigenvalue weighted by Gasteiger charge is -2.13. The average Bonchev–Trinajstić information content (AvgIpc) is 2.84. The molecule has 0 spiro atoms. The number of nitrogens with one attached hydrogen (secondary N) is 2. The van der Waals surface area contributed by atoms with Crippen molar-refractivity contribution in [2.75, 3.05) is 25.0 Å². The number of aryl methyl sites for hydroxylation is 1. The van der Waals surface area contributed by atoms with Gasteiger partial charge in [0.25, 0.3) is 0 Å². The van der Waals surface area contributed by atoms with E-state index in [4.69, 9.17) is 0 Å². The molecule has 0 radical (unpaired) electrons. The maximum absolute atomic E-state index is 4.64. The van der Waals surface area contributed by atoms with Crippen molar-refractivity contribution in [1.82, 2.24) is 24.7 Å². The van der Waals surface area contributed by atoms with E-state index in [0.29, 0.717) is 0 Å². The maximum atomic E-state index is 4.64. The lowest BCUT2D eigenvalue weighted by molar-refractivity contribution is 0.708. The van der Waals surface area contributed by atoms with Gasteiger partial charge in [0, 0.05) is 43.9 Å². The Kier molecular flexibility index (Phi) is 7.20. The summed E-state index contributed by atoms with van der Waals surface area (Å²) in [6, 6.07) is 6.05. The molecule has 1 aliphatic heterocycles. The van der Waals surface area contributed by atoms with Crippen molar-refractivity contribution in [2.45, 2.75) is 26.2 Å². The van der Waals surface area contributed by atoms with Gasteiger partial charge in [0.05, 0.1) is 11.4 Å². The van der Waals surface area contributed by atoms with E-state index in [1.807, 2.05) is 31.3 Å². The molecule has 3 aromatic heterocycles. The van der Waals surface area contributed by atoms with Crippen LogP contribution in [-0.4, -0.2) is 39.0 Å². The first-order valence-electron chi connectivity index (χ1n) is 8.53. The monoisotopic (exact) mass is 394 g/mol. The predicted molar refractivity (Wildman–Crippen MR) is 109 cm³/mol. The lowest BCUT2D eigenvalue weighted by Crippen LogP contribution is -2.16. The third kappa shape index (κ3) is 4.44. The van der Waals surface area contributed by atoms with Crippen molar-refractivity contribution in [3.63, 3.8) is 0 Å². The summed E-state index contributed by atoms with van der Waals surface area (Å²) >= 11 is 0. The molecule has 8 heteroatoms. The van der Waals surface area contributed by atoms with Crippen molar-refractivity contribution in [3.8, 4) is 0 Å². The molecule has 0 atom stereocenters. The zero-order valence-electron chi connectivity index (χ0n) is 14.7. The zero-order valence-corrected chi connectivity index (χ0v) is 16.4. The third-order valence-corrected chi connectivity index (χ3v) is 4.38. The first-order chi connectivity index (χ1) is 11.8. The minimum absolute atomic E-state index is 0. The highest BCUT2D eigenvalue weighted by molar-refractivity contribution is 5.85. The molecule has 4 rings (SSSR count). The fourth-order valence-corrected chi connectivity index (χ4v) is 3.23. The number of imidazole rings is 1. The van der Waals surface area contributed by atoms with Gasteiger partial charge in [0.15, 0.2) is 0 Å². The van der Waals surface area contributed by atoms with Crippen molar-refractivity contribution in [3.05, 3.63) is 53.4 Å². The fourth-order valence-electron chi connectivity index (χ4n) is 3.23. The van der Waals surface area contributed by atoms with Gasteiger partial charge in [-0.1, -0.05) is 6.07 Å². The van der Waals surface area contributed by atoms with Crippen LogP contribution in [0.2, 0.25) is 0 Å². The molecule has 0 saturated carbocycles. The molecule has 3 aromatic rings. The summed E-state index contributed by atoms with van der Waals surface area (Å²) in [7, 11) is 0. The molecule has 0 saturated heterocycles. The first kappa shape index (κ1) is 20.4. The van der Waals surface area contributed by atoms with Crippen LogP contribution in [0.15, 0.2) is 30.6 Å². The standard InChI is InChI=1S/C18H22N6.2ClH/c1-13-21-16-7-9-19-8-6-15(16)18(22-13)20-10-5-14-12-24-11-3-2-4-17(24)23-14;;/h2-4,11-12,19H,5-10H2,1H3,(H,20,21,22);2*1H. The van der Waals surface area contributed by atoms with Crippen LogP contribution in [0.25, 0.3) is 5.65 Å². The van der Waals surface area contributed by atoms with E-state index in [9.17, 15) is 0 Å². The summed E-state index contributed by atoms with van der Waals surface area (Å²) < 4.78 is 2.06. The Balaban J connectivity index is 0.00000121. The van der Waals surface area contributed by atoms with Gasteiger partial charge in [-0.3, -0.25) is 0 Å². The topological polar surface area (TPSA) is 67.1 Å².